The fraction of sp³-hybridized carbons (Fsp3) is 0.647. The Morgan fingerprint density at radius 3 is 2.52 bits per heavy atom. The maximum atomic E-state index is 5.50. The molecule has 1 aliphatic heterocycles. The summed E-state index contributed by atoms with van der Waals surface area (Å²) in [6.45, 7) is 7.99. The predicted octanol–water partition coefficient (Wildman–Crippen LogP) is 2.84. The van der Waals surface area contributed by atoms with Gasteiger partial charge in [0.05, 0.1) is 14.2 Å². The third-order valence-electron chi connectivity index (χ3n) is 4.43. The average molecular weight is 292 g/mol. The summed E-state index contributed by atoms with van der Waals surface area (Å²) in [6.07, 6.45) is 2.44. The molecule has 2 rings (SSSR count). The second kappa shape index (κ2) is 7.66. The molecule has 21 heavy (non-hydrogen) atoms. The summed E-state index contributed by atoms with van der Waals surface area (Å²) in [5, 5.41) is 3.74. The SMILES string of the molecule is CCN1CCC(NC(C)c2ccc(OC)cc2OC)CC1. The van der Waals surface area contributed by atoms with Gasteiger partial charge in [0.1, 0.15) is 11.5 Å². The molecule has 0 aromatic heterocycles. The molecular weight excluding hydrogens is 264 g/mol. The number of hydrogen-bond donors (Lipinski definition) is 1. The summed E-state index contributed by atoms with van der Waals surface area (Å²) < 4.78 is 10.8. The van der Waals surface area contributed by atoms with E-state index in [2.05, 4.69) is 30.1 Å². The van der Waals surface area contributed by atoms with E-state index in [0.29, 0.717) is 6.04 Å². The van der Waals surface area contributed by atoms with Crippen LogP contribution in [0.25, 0.3) is 0 Å². The monoisotopic (exact) mass is 292 g/mol. The number of nitrogens with zero attached hydrogens (tertiary/aromatic N) is 1. The van der Waals surface area contributed by atoms with Crippen molar-refractivity contribution in [3.8, 4) is 11.5 Å². The zero-order chi connectivity index (χ0) is 15.2. The highest BCUT2D eigenvalue weighted by Gasteiger charge is 2.21. The molecule has 1 atom stereocenters. The highest BCUT2D eigenvalue weighted by Crippen LogP contribution is 2.30. The Labute approximate surface area is 128 Å². The van der Waals surface area contributed by atoms with Gasteiger partial charge in [-0.2, -0.15) is 0 Å². The zero-order valence-corrected chi connectivity index (χ0v) is 13.7. The van der Waals surface area contributed by atoms with Crippen LogP contribution >= 0.6 is 0 Å². The van der Waals surface area contributed by atoms with Crippen LogP contribution in [0.15, 0.2) is 18.2 Å². The molecule has 4 heteroatoms. The molecule has 1 fully saturated rings. The topological polar surface area (TPSA) is 33.7 Å². The first-order chi connectivity index (χ1) is 10.2. The van der Waals surface area contributed by atoms with Gasteiger partial charge in [0, 0.05) is 23.7 Å². The van der Waals surface area contributed by atoms with E-state index in [9.17, 15) is 0 Å². The van der Waals surface area contributed by atoms with Crippen LogP contribution in [0.5, 0.6) is 11.5 Å². The fourth-order valence-electron chi connectivity index (χ4n) is 3.04. The molecule has 0 saturated carbocycles. The maximum Gasteiger partial charge on any atom is 0.127 e. The Bertz CT molecular complexity index is 442. The molecule has 1 aromatic carbocycles. The number of ether oxygens (including phenoxy) is 2. The van der Waals surface area contributed by atoms with Crippen molar-refractivity contribution in [2.24, 2.45) is 0 Å². The predicted molar refractivity (Wildman–Crippen MR) is 86.2 cm³/mol. The van der Waals surface area contributed by atoms with Gasteiger partial charge in [-0.15, -0.1) is 0 Å². The lowest BCUT2D eigenvalue weighted by Crippen LogP contribution is -2.43. The van der Waals surface area contributed by atoms with Crippen molar-refractivity contribution in [2.75, 3.05) is 33.9 Å². The molecule has 1 aliphatic rings. The van der Waals surface area contributed by atoms with Crippen LogP contribution in [0.2, 0.25) is 0 Å². The lowest BCUT2D eigenvalue weighted by Gasteiger charge is -2.33. The van der Waals surface area contributed by atoms with E-state index in [1.807, 2.05) is 12.1 Å². The quantitative estimate of drug-likeness (QED) is 0.874. The van der Waals surface area contributed by atoms with E-state index in [4.69, 9.17) is 9.47 Å². The highest BCUT2D eigenvalue weighted by atomic mass is 16.5. The first-order valence-electron chi connectivity index (χ1n) is 7.88. The molecule has 0 radical (unpaired) electrons. The van der Waals surface area contributed by atoms with Crippen molar-refractivity contribution in [1.82, 2.24) is 10.2 Å². The average Bonchev–Trinajstić information content (AvgIpc) is 2.54. The summed E-state index contributed by atoms with van der Waals surface area (Å²) in [7, 11) is 3.39. The number of nitrogens with one attached hydrogen (secondary N) is 1. The summed E-state index contributed by atoms with van der Waals surface area (Å²) in [6, 6.07) is 6.91. The molecule has 1 unspecified atom stereocenters. The third kappa shape index (κ3) is 4.11. The van der Waals surface area contributed by atoms with Gasteiger partial charge >= 0.3 is 0 Å². The normalized spacial score (nSPS) is 18.5. The minimum absolute atomic E-state index is 0.282. The van der Waals surface area contributed by atoms with Crippen molar-refractivity contribution in [3.05, 3.63) is 23.8 Å². The van der Waals surface area contributed by atoms with Crippen LogP contribution in [-0.2, 0) is 0 Å². The van der Waals surface area contributed by atoms with E-state index in [0.717, 1.165) is 18.0 Å². The van der Waals surface area contributed by atoms with E-state index >= 15 is 0 Å². The van der Waals surface area contributed by atoms with E-state index in [-0.39, 0.29) is 6.04 Å². The van der Waals surface area contributed by atoms with Gasteiger partial charge < -0.3 is 19.7 Å². The zero-order valence-electron chi connectivity index (χ0n) is 13.7. The molecule has 0 amide bonds. The smallest absolute Gasteiger partial charge is 0.127 e. The van der Waals surface area contributed by atoms with Crippen LogP contribution in [-0.4, -0.2) is 44.8 Å². The summed E-state index contributed by atoms with van der Waals surface area (Å²) in [5.41, 5.74) is 1.19. The molecule has 0 bridgehead atoms. The number of hydrogen-bond acceptors (Lipinski definition) is 4. The van der Waals surface area contributed by atoms with Crippen molar-refractivity contribution >= 4 is 0 Å². The molecule has 1 N–H and O–H groups in total. The Hall–Kier alpha value is -1.26. The summed E-state index contributed by atoms with van der Waals surface area (Å²) in [5.74, 6) is 1.72. The van der Waals surface area contributed by atoms with Gasteiger partial charge in [0.15, 0.2) is 0 Å². The van der Waals surface area contributed by atoms with Crippen molar-refractivity contribution in [1.29, 1.82) is 0 Å². The van der Waals surface area contributed by atoms with Crippen LogP contribution in [0.3, 0.4) is 0 Å². The molecule has 0 spiro atoms. The summed E-state index contributed by atoms with van der Waals surface area (Å²) >= 11 is 0. The minimum Gasteiger partial charge on any atom is -0.497 e. The number of likely N-dealkylation sites (tertiary alicyclic amines) is 1. The first-order valence-corrected chi connectivity index (χ1v) is 7.88. The Morgan fingerprint density at radius 2 is 1.95 bits per heavy atom. The number of benzene rings is 1. The van der Waals surface area contributed by atoms with Crippen molar-refractivity contribution in [2.45, 2.75) is 38.8 Å². The second-order valence-electron chi connectivity index (χ2n) is 5.70. The standard InChI is InChI=1S/C17H28N2O2/c1-5-19-10-8-14(9-11-19)18-13(2)16-7-6-15(20-3)12-17(16)21-4/h6-7,12-14,18H,5,8-11H2,1-4H3. The van der Waals surface area contributed by atoms with Gasteiger partial charge in [-0.25, -0.2) is 0 Å². The molecule has 1 saturated heterocycles. The molecule has 4 nitrogen and oxygen atoms in total. The molecular formula is C17H28N2O2. The lowest BCUT2D eigenvalue weighted by molar-refractivity contribution is 0.200. The first kappa shape index (κ1) is 16.1. The van der Waals surface area contributed by atoms with Gasteiger partial charge in [-0.05, 0) is 45.5 Å². The van der Waals surface area contributed by atoms with E-state index < -0.39 is 0 Å². The van der Waals surface area contributed by atoms with Gasteiger partial charge in [-0.1, -0.05) is 13.0 Å². The van der Waals surface area contributed by atoms with Crippen molar-refractivity contribution in [3.63, 3.8) is 0 Å². The van der Waals surface area contributed by atoms with Crippen molar-refractivity contribution < 1.29 is 9.47 Å². The number of methoxy groups -OCH3 is 2. The largest absolute Gasteiger partial charge is 0.497 e. The molecule has 0 aliphatic carbocycles. The van der Waals surface area contributed by atoms with Gasteiger partial charge in [-0.3, -0.25) is 0 Å². The summed E-state index contributed by atoms with van der Waals surface area (Å²) in [4.78, 5) is 2.51. The number of piperidine rings is 1. The Balaban J connectivity index is 1.98. The van der Waals surface area contributed by atoms with Crippen LogP contribution in [0.4, 0.5) is 0 Å². The molecule has 1 aromatic rings. The van der Waals surface area contributed by atoms with E-state index in [1.54, 1.807) is 14.2 Å². The van der Waals surface area contributed by atoms with Crippen LogP contribution in [0, 0.1) is 0 Å². The third-order valence-corrected chi connectivity index (χ3v) is 4.43. The van der Waals surface area contributed by atoms with Gasteiger partial charge in [0.25, 0.3) is 0 Å². The molecule has 1 heterocycles. The minimum atomic E-state index is 0.282. The fourth-order valence-corrected chi connectivity index (χ4v) is 3.04. The Morgan fingerprint density at radius 1 is 1.24 bits per heavy atom. The van der Waals surface area contributed by atoms with Crippen LogP contribution < -0.4 is 14.8 Å². The second-order valence-corrected chi connectivity index (χ2v) is 5.70. The van der Waals surface area contributed by atoms with E-state index in [1.165, 1.54) is 31.5 Å². The lowest BCUT2D eigenvalue weighted by atomic mass is 10.0. The Kier molecular flexibility index (Phi) is 5.88. The number of rotatable bonds is 6. The van der Waals surface area contributed by atoms with Crippen LogP contribution in [0.1, 0.15) is 38.3 Å². The van der Waals surface area contributed by atoms with Gasteiger partial charge in [0.2, 0.25) is 0 Å². The molecule has 118 valence electrons. The highest BCUT2D eigenvalue weighted by molar-refractivity contribution is 5.42. The maximum absolute atomic E-state index is 5.50.